The highest BCUT2D eigenvalue weighted by atomic mass is 127. The Hall–Kier alpha value is -0.0400. The van der Waals surface area contributed by atoms with Crippen molar-refractivity contribution in [3.8, 4) is 0 Å². The first-order chi connectivity index (χ1) is 8.33. The first-order valence-corrected chi connectivity index (χ1v) is 6.88. The molecule has 2 aliphatic rings. The maximum absolute atomic E-state index is 5.24. The quantitative estimate of drug-likeness (QED) is 0.470. The molecule has 0 aromatic carbocycles. The van der Waals surface area contributed by atoms with Gasteiger partial charge in [-0.25, -0.2) is 0 Å². The lowest BCUT2D eigenvalue weighted by Crippen LogP contribution is -2.47. The molecule has 1 N–H and O–H groups in total. The molecular weight excluding hydrogens is 341 g/mol. The van der Waals surface area contributed by atoms with Crippen molar-refractivity contribution in [3.63, 3.8) is 0 Å². The number of rotatable bonds is 4. The maximum atomic E-state index is 5.24. The van der Waals surface area contributed by atoms with Crippen molar-refractivity contribution in [2.75, 3.05) is 33.4 Å². The summed E-state index contributed by atoms with van der Waals surface area (Å²) in [7, 11) is 1.79. The molecule has 0 amide bonds. The summed E-state index contributed by atoms with van der Waals surface area (Å²) in [5, 5.41) is 3.59. The van der Waals surface area contributed by atoms with Gasteiger partial charge in [0.1, 0.15) is 0 Å². The van der Waals surface area contributed by atoms with Crippen molar-refractivity contribution in [1.29, 1.82) is 0 Å². The fourth-order valence-corrected chi connectivity index (χ4v) is 2.52. The van der Waals surface area contributed by atoms with Crippen LogP contribution in [0.15, 0.2) is 4.99 Å². The number of hydrogen-bond donors (Lipinski definition) is 1. The number of ether oxygens (including phenoxy) is 1. The van der Waals surface area contributed by atoms with Crippen molar-refractivity contribution < 1.29 is 4.74 Å². The van der Waals surface area contributed by atoms with E-state index in [1.54, 1.807) is 7.11 Å². The molecule has 0 radical (unpaired) electrons. The highest BCUT2D eigenvalue weighted by Gasteiger charge is 2.27. The van der Waals surface area contributed by atoms with Crippen LogP contribution in [0.5, 0.6) is 0 Å². The van der Waals surface area contributed by atoms with Crippen LogP contribution in [-0.4, -0.2) is 50.3 Å². The molecule has 1 heterocycles. The van der Waals surface area contributed by atoms with Gasteiger partial charge in [0, 0.05) is 38.7 Å². The molecule has 4 nitrogen and oxygen atoms in total. The lowest BCUT2D eigenvalue weighted by Gasteiger charge is -2.31. The van der Waals surface area contributed by atoms with Gasteiger partial charge in [0.2, 0.25) is 0 Å². The SMILES string of the molecule is CCN=C(NC1CCC1)N1CCC(COC)C1.I. The first-order valence-electron chi connectivity index (χ1n) is 6.88. The van der Waals surface area contributed by atoms with Crippen molar-refractivity contribution in [2.45, 2.75) is 38.6 Å². The van der Waals surface area contributed by atoms with Crippen LogP contribution in [0.2, 0.25) is 0 Å². The van der Waals surface area contributed by atoms with Crippen LogP contribution in [0.25, 0.3) is 0 Å². The molecular formula is C13H26IN3O. The minimum atomic E-state index is 0. The number of guanidine groups is 1. The number of halogens is 1. The fourth-order valence-electron chi connectivity index (χ4n) is 2.52. The summed E-state index contributed by atoms with van der Waals surface area (Å²) in [5.74, 6) is 1.79. The lowest BCUT2D eigenvalue weighted by atomic mass is 9.93. The molecule has 1 aliphatic carbocycles. The van der Waals surface area contributed by atoms with Crippen LogP contribution < -0.4 is 5.32 Å². The van der Waals surface area contributed by atoms with E-state index in [9.17, 15) is 0 Å². The number of aliphatic imine (C=N–C) groups is 1. The zero-order valence-electron chi connectivity index (χ0n) is 11.5. The summed E-state index contributed by atoms with van der Waals surface area (Å²) in [6.07, 6.45) is 5.20. The van der Waals surface area contributed by atoms with Gasteiger partial charge in [-0.2, -0.15) is 0 Å². The third-order valence-electron chi connectivity index (χ3n) is 3.73. The van der Waals surface area contributed by atoms with E-state index in [-0.39, 0.29) is 24.0 Å². The second-order valence-electron chi connectivity index (χ2n) is 5.13. The Morgan fingerprint density at radius 2 is 2.17 bits per heavy atom. The van der Waals surface area contributed by atoms with Gasteiger partial charge in [0.15, 0.2) is 5.96 Å². The normalized spacial score (nSPS) is 24.7. The third kappa shape index (κ3) is 4.26. The van der Waals surface area contributed by atoms with Crippen LogP contribution >= 0.6 is 24.0 Å². The van der Waals surface area contributed by atoms with Gasteiger partial charge in [0.05, 0.1) is 6.61 Å². The van der Waals surface area contributed by atoms with Gasteiger partial charge in [-0.15, -0.1) is 24.0 Å². The Balaban J connectivity index is 0.00000162. The Bertz CT molecular complexity index is 269. The first kappa shape index (κ1) is 16.0. The van der Waals surface area contributed by atoms with Crippen LogP contribution in [0.3, 0.4) is 0 Å². The molecule has 0 aromatic rings. The maximum Gasteiger partial charge on any atom is 0.194 e. The average Bonchev–Trinajstić information content (AvgIpc) is 2.70. The summed E-state index contributed by atoms with van der Waals surface area (Å²) < 4.78 is 5.24. The van der Waals surface area contributed by atoms with Gasteiger partial charge in [-0.1, -0.05) is 0 Å². The zero-order valence-corrected chi connectivity index (χ0v) is 13.9. The topological polar surface area (TPSA) is 36.9 Å². The highest BCUT2D eigenvalue weighted by molar-refractivity contribution is 14.0. The van der Waals surface area contributed by atoms with E-state index in [0.29, 0.717) is 12.0 Å². The van der Waals surface area contributed by atoms with E-state index in [2.05, 4.69) is 22.1 Å². The predicted molar refractivity (Wildman–Crippen MR) is 85.7 cm³/mol. The Labute approximate surface area is 128 Å². The van der Waals surface area contributed by atoms with Crippen LogP contribution in [0, 0.1) is 5.92 Å². The van der Waals surface area contributed by atoms with Crippen LogP contribution in [-0.2, 0) is 4.74 Å². The van der Waals surface area contributed by atoms with E-state index in [4.69, 9.17) is 4.74 Å². The Kier molecular flexibility index (Phi) is 7.29. The van der Waals surface area contributed by atoms with Crippen LogP contribution in [0.4, 0.5) is 0 Å². The number of likely N-dealkylation sites (tertiary alicyclic amines) is 1. The van der Waals surface area contributed by atoms with Crippen molar-refractivity contribution in [3.05, 3.63) is 0 Å². The van der Waals surface area contributed by atoms with E-state index >= 15 is 0 Å². The minimum Gasteiger partial charge on any atom is -0.384 e. The van der Waals surface area contributed by atoms with Crippen LogP contribution in [0.1, 0.15) is 32.6 Å². The molecule has 1 unspecified atom stereocenters. The van der Waals surface area contributed by atoms with Crippen molar-refractivity contribution >= 4 is 29.9 Å². The second-order valence-corrected chi connectivity index (χ2v) is 5.13. The number of nitrogens with one attached hydrogen (secondary N) is 1. The number of methoxy groups -OCH3 is 1. The molecule has 1 saturated heterocycles. The van der Waals surface area contributed by atoms with Gasteiger partial charge in [-0.05, 0) is 32.6 Å². The molecule has 0 bridgehead atoms. The smallest absolute Gasteiger partial charge is 0.194 e. The molecule has 1 saturated carbocycles. The summed E-state index contributed by atoms with van der Waals surface area (Å²) in [4.78, 5) is 7.01. The zero-order chi connectivity index (χ0) is 12.1. The van der Waals surface area contributed by atoms with E-state index in [1.807, 2.05) is 0 Å². The third-order valence-corrected chi connectivity index (χ3v) is 3.73. The lowest BCUT2D eigenvalue weighted by molar-refractivity contribution is 0.157. The predicted octanol–water partition coefficient (Wildman–Crippen LogP) is 2.09. The van der Waals surface area contributed by atoms with E-state index < -0.39 is 0 Å². The molecule has 1 atom stereocenters. The fraction of sp³-hybridized carbons (Fsp3) is 0.923. The molecule has 18 heavy (non-hydrogen) atoms. The molecule has 2 fully saturated rings. The molecule has 2 rings (SSSR count). The molecule has 0 aromatic heterocycles. The van der Waals surface area contributed by atoms with Crippen molar-refractivity contribution in [2.24, 2.45) is 10.9 Å². The largest absolute Gasteiger partial charge is 0.384 e. The number of hydrogen-bond acceptors (Lipinski definition) is 2. The standard InChI is InChI=1S/C13H25N3O.HI/c1-3-14-13(15-12-5-4-6-12)16-8-7-11(9-16)10-17-2;/h11-12H,3-10H2,1-2H3,(H,14,15);1H. The highest BCUT2D eigenvalue weighted by Crippen LogP contribution is 2.20. The minimum absolute atomic E-state index is 0. The van der Waals surface area contributed by atoms with Gasteiger partial charge < -0.3 is 15.0 Å². The van der Waals surface area contributed by atoms with Gasteiger partial charge >= 0.3 is 0 Å². The molecule has 1 aliphatic heterocycles. The van der Waals surface area contributed by atoms with Gasteiger partial charge in [-0.3, -0.25) is 4.99 Å². The van der Waals surface area contributed by atoms with E-state index in [1.165, 1.54) is 25.7 Å². The molecule has 5 heteroatoms. The summed E-state index contributed by atoms with van der Waals surface area (Å²) in [5.41, 5.74) is 0. The summed E-state index contributed by atoms with van der Waals surface area (Å²) >= 11 is 0. The summed E-state index contributed by atoms with van der Waals surface area (Å²) in [6, 6.07) is 0.668. The Morgan fingerprint density at radius 1 is 1.39 bits per heavy atom. The van der Waals surface area contributed by atoms with Crippen molar-refractivity contribution in [1.82, 2.24) is 10.2 Å². The number of nitrogens with zero attached hydrogens (tertiary/aromatic N) is 2. The molecule has 106 valence electrons. The molecule has 0 spiro atoms. The average molecular weight is 367 g/mol. The monoisotopic (exact) mass is 367 g/mol. The van der Waals surface area contributed by atoms with E-state index in [0.717, 1.165) is 32.2 Å². The summed E-state index contributed by atoms with van der Waals surface area (Å²) in [6.45, 7) is 6.05. The Morgan fingerprint density at radius 3 is 2.72 bits per heavy atom. The second kappa shape index (κ2) is 8.19. The van der Waals surface area contributed by atoms with Gasteiger partial charge in [0.25, 0.3) is 0 Å².